The van der Waals surface area contributed by atoms with Gasteiger partial charge in [-0.1, -0.05) is 12.1 Å². The molecule has 1 aromatic rings. The third-order valence-electron chi connectivity index (χ3n) is 2.87. The Morgan fingerprint density at radius 2 is 1.79 bits per heavy atom. The second-order valence-electron chi connectivity index (χ2n) is 4.05. The van der Waals surface area contributed by atoms with Gasteiger partial charge in [0, 0.05) is 35.4 Å². The van der Waals surface area contributed by atoms with E-state index in [4.69, 9.17) is 5.11 Å². The summed E-state index contributed by atoms with van der Waals surface area (Å²) in [7, 11) is -4.83. The molecule has 0 aromatic heterocycles. The number of aromatic carboxylic acids is 1. The van der Waals surface area contributed by atoms with Crippen LogP contribution in [0.1, 0.15) is 10.4 Å². The lowest BCUT2D eigenvalue weighted by Crippen LogP contribution is -2.42. The summed E-state index contributed by atoms with van der Waals surface area (Å²) in [6.45, 7) is 0.311. The number of nitrogens with zero attached hydrogens (tertiary/aromatic N) is 1. The normalized spacial score (nSPS) is 18.3. The van der Waals surface area contributed by atoms with E-state index < -0.39 is 26.8 Å². The highest BCUT2D eigenvalue weighted by Gasteiger charge is 2.31. The monoisotopic (exact) mass is 303 g/mol. The molecule has 0 radical (unpaired) electrons. The summed E-state index contributed by atoms with van der Waals surface area (Å²) in [5.74, 6) is -0.706. The Morgan fingerprint density at radius 3 is 2.37 bits per heavy atom. The van der Waals surface area contributed by atoms with Gasteiger partial charge in [0.25, 0.3) is 0 Å². The number of carboxylic acids is 1. The molecule has 1 aliphatic heterocycles. The van der Waals surface area contributed by atoms with E-state index in [1.807, 2.05) is 0 Å². The van der Waals surface area contributed by atoms with Crippen molar-refractivity contribution in [2.45, 2.75) is 4.90 Å². The number of sulfonamides is 1. The first kappa shape index (κ1) is 14.2. The Bertz CT molecular complexity index is 616. The second-order valence-corrected chi connectivity index (χ2v) is 7.66. The lowest BCUT2D eigenvalue weighted by molar-refractivity contribution is 0.0692. The first-order chi connectivity index (χ1) is 8.93. The minimum Gasteiger partial charge on any atom is -0.478 e. The van der Waals surface area contributed by atoms with Gasteiger partial charge in [-0.25, -0.2) is 13.2 Å². The van der Waals surface area contributed by atoms with Crippen LogP contribution in [-0.2, 0) is 20.8 Å². The minimum atomic E-state index is -3.84. The maximum atomic E-state index is 12.4. The van der Waals surface area contributed by atoms with E-state index in [0.29, 0.717) is 0 Å². The van der Waals surface area contributed by atoms with Crippen molar-refractivity contribution in [3.05, 3.63) is 29.8 Å². The summed E-state index contributed by atoms with van der Waals surface area (Å²) in [5, 5.41) is 9.04. The topological polar surface area (TPSA) is 91.8 Å². The quantitative estimate of drug-likeness (QED) is 0.857. The van der Waals surface area contributed by atoms with E-state index >= 15 is 0 Å². The van der Waals surface area contributed by atoms with Crippen LogP contribution in [0.4, 0.5) is 0 Å². The fraction of sp³-hybridized carbons (Fsp3) is 0.364. The second kappa shape index (κ2) is 5.40. The molecular formula is C11H13NO5S2. The van der Waals surface area contributed by atoms with Crippen LogP contribution >= 0.6 is 0 Å². The summed E-state index contributed by atoms with van der Waals surface area (Å²) >= 11 is 0. The van der Waals surface area contributed by atoms with Crippen molar-refractivity contribution in [3.8, 4) is 0 Å². The van der Waals surface area contributed by atoms with E-state index in [-0.39, 0.29) is 35.1 Å². The molecule has 1 fully saturated rings. The lowest BCUT2D eigenvalue weighted by atomic mass is 10.2. The first-order valence-electron chi connectivity index (χ1n) is 5.60. The molecule has 1 N–H and O–H groups in total. The van der Waals surface area contributed by atoms with Gasteiger partial charge in [0.1, 0.15) is 0 Å². The van der Waals surface area contributed by atoms with Crippen molar-refractivity contribution in [2.75, 3.05) is 24.6 Å². The summed E-state index contributed by atoms with van der Waals surface area (Å²) in [5.41, 5.74) is -0.241. The molecule has 0 bridgehead atoms. The third kappa shape index (κ3) is 2.85. The van der Waals surface area contributed by atoms with Crippen molar-refractivity contribution < 1.29 is 22.5 Å². The van der Waals surface area contributed by atoms with Crippen molar-refractivity contribution in [2.24, 2.45) is 0 Å². The van der Waals surface area contributed by atoms with E-state index in [1.54, 1.807) is 0 Å². The van der Waals surface area contributed by atoms with Gasteiger partial charge in [-0.2, -0.15) is 4.31 Å². The Kier molecular flexibility index (Phi) is 4.02. The van der Waals surface area contributed by atoms with Gasteiger partial charge in [-0.05, 0) is 12.1 Å². The van der Waals surface area contributed by atoms with Crippen molar-refractivity contribution in [1.82, 2.24) is 4.31 Å². The number of carboxylic acid groups (broad SMARTS) is 1. The van der Waals surface area contributed by atoms with Gasteiger partial charge in [0.15, 0.2) is 0 Å². The maximum Gasteiger partial charge on any atom is 0.337 e. The van der Waals surface area contributed by atoms with Crippen molar-refractivity contribution >= 4 is 26.8 Å². The number of carbonyl (C=O) groups is 1. The SMILES string of the molecule is O=C(O)c1ccccc1S(=O)(=O)N1CCS(=O)CC1. The number of benzene rings is 1. The van der Waals surface area contributed by atoms with Gasteiger partial charge >= 0.3 is 5.97 Å². The molecule has 0 saturated carbocycles. The van der Waals surface area contributed by atoms with Crippen LogP contribution in [0.15, 0.2) is 29.2 Å². The van der Waals surface area contributed by atoms with Crippen LogP contribution in [0.3, 0.4) is 0 Å². The molecular weight excluding hydrogens is 290 g/mol. The number of hydrogen-bond acceptors (Lipinski definition) is 4. The minimum absolute atomic E-state index is 0.156. The van der Waals surface area contributed by atoms with Gasteiger partial charge in [0.05, 0.1) is 10.5 Å². The fourth-order valence-electron chi connectivity index (χ4n) is 1.87. The van der Waals surface area contributed by atoms with E-state index in [2.05, 4.69) is 0 Å². The van der Waals surface area contributed by atoms with E-state index in [9.17, 15) is 17.4 Å². The number of hydrogen-bond donors (Lipinski definition) is 1. The predicted molar refractivity (Wildman–Crippen MR) is 70.0 cm³/mol. The summed E-state index contributed by atoms with van der Waals surface area (Å²) in [6, 6.07) is 5.51. The summed E-state index contributed by atoms with van der Waals surface area (Å²) in [4.78, 5) is 10.9. The molecule has 0 aliphatic carbocycles. The summed E-state index contributed by atoms with van der Waals surface area (Å²) < 4.78 is 37.2. The van der Waals surface area contributed by atoms with Gasteiger partial charge in [0.2, 0.25) is 10.0 Å². The Morgan fingerprint density at radius 1 is 1.21 bits per heavy atom. The fourth-order valence-corrected chi connectivity index (χ4v) is 4.78. The average Bonchev–Trinajstić information content (AvgIpc) is 2.39. The molecule has 19 heavy (non-hydrogen) atoms. The van der Waals surface area contributed by atoms with Crippen molar-refractivity contribution in [1.29, 1.82) is 0 Å². The Labute approximate surface area is 113 Å². The molecule has 104 valence electrons. The standard InChI is InChI=1S/C11H13NO5S2/c13-11(14)9-3-1-2-4-10(9)19(16,17)12-5-7-18(15)8-6-12/h1-4H,5-8H2,(H,13,14). The molecule has 1 saturated heterocycles. The molecule has 0 amide bonds. The van der Waals surface area contributed by atoms with Crippen LogP contribution in [0.25, 0.3) is 0 Å². The highest BCUT2D eigenvalue weighted by Crippen LogP contribution is 2.21. The smallest absolute Gasteiger partial charge is 0.337 e. The molecule has 2 rings (SSSR count). The van der Waals surface area contributed by atoms with Crippen LogP contribution in [0, 0.1) is 0 Å². The Balaban J connectivity index is 2.40. The van der Waals surface area contributed by atoms with Gasteiger partial charge in [-0.15, -0.1) is 0 Å². The van der Waals surface area contributed by atoms with E-state index in [0.717, 1.165) is 0 Å². The zero-order valence-corrected chi connectivity index (χ0v) is 11.6. The average molecular weight is 303 g/mol. The van der Waals surface area contributed by atoms with Crippen LogP contribution < -0.4 is 0 Å². The zero-order valence-electron chi connectivity index (χ0n) is 9.98. The lowest BCUT2D eigenvalue weighted by Gasteiger charge is -2.26. The largest absolute Gasteiger partial charge is 0.478 e. The molecule has 1 aliphatic rings. The zero-order chi connectivity index (χ0) is 14.0. The molecule has 0 spiro atoms. The predicted octanol–water partition coefficient (Wildman–Crippen LogP) is 0.138. The molecule has 8 heteroatoms. The molecule has 6 nitrogen and oxygen atoms in total. The van der Waals surface area contributed by atoms with Crippen LogP contribution in [-0.4, -0.2) is 52.6 Å². The third-order valence-corrected chi connectivity index (χ3v) is 6.10. The van der Waals surface area contributed by atoms with Crippen LogP contribution in [0.2, 0.25) is 0 Å². The molecule has 0 unspecified atom stereocenters. The summed E-state index contributed by atoms with van der Waals surface area (Å²) in [6.07, 6.45) is 0. The van der Waals surface area contributed by atoms with Crippen LogP contribution in [0.5, 0.6) is 0 Å². The maximum absolute atomic E-state index is 12.4. The first-order valence-corrected chi connectivity index (χ1v) is 8.53. The van der Waals surface area contributed by atoms with Gasteiger partial charge in [-0.3, -0.25) is 4.21 Å². The highest BCUT2D eigenvalue weighted by molar-refractivity contribution is 7.89. The number of rotatable bonds is 3. The van der Waals surface area contributed by atoms with Crippen molar-refractivity contribution in [3.63, 3.8) is 0 Å². The van der Waals surface area contributed by atoms with Gasteiger partial charge < -0.3 is 5.11 Å². The Hall–Kier alpha value is -1.25. The molecule has 1 aromatic carbocycles. The molecule has 1 heterocycles. The highest BCUT2D eigenvalue weighted by atomic mass is 32.2. The molecule has 0 atom stereocenters. The van der Waals surface area contributed by atoms with E-state index in [1.165, 1.54) is 28.6 Å².